The lowest BCUT2D eigenvalue weighted by Gasteiger charge is -2.22. The van der Waals surface area contributed by atoms with Gasteiger partial charge in [-0.2, -0.15) is 0 Å². The molecule has 0 heterocycles. The Kier molecular flexibility index (Phi) is 12.2. The van der Waals surface area contributed by atoms with E-state index in [1.165, 1.54) is 19.3 Å². The molecule has 1 rings (SSSR count). The number of carboxylic acids is 1. The van der Waals surface area contributed by atoms with Gasteiger partial charge in [-0.3, -0.25) is 9.79 Å². The molecule has 166 valence electrons. The Balaban J connectivity index is 2.08. The van der Waals surface area contributed by atoms with E-state index in [-0.39, 0.29) is 36.8 Å². The van der Waals surface area contributed by atoms with Crippen LogP contribution in [0.1, 0.15) is 70.6 Å². The second-order valence-corrected chi connectivity index (χ2v) is 7.45. The van der Waals surface area contributed by atoms with Crippen LogP contribution in [0, 0.1) is 0 Å². The van der Waals surface area contributed by atoms with Crippen molar-refractivity contribution in [3.8, 4) is 0 Å². The maximum atomic E-state index is 11.9. The minimum Gasteiger partial charge on any atom is -0.480 e. The lowest BCUT2D eigenvalue weighted by Crippen LogP contribution is -2.43. The van der Waals surface area contributed by atoms with E-state index in [2.05, 4.69) is 20.9 Å². The Morgan fingerprint density at radius 1 is 1.03 bits per heavy atom. The number of guanidine groups is 1. The fourth-order valence-corrected chi connectivity index (χ4v) is 3.30. The van der Waals surface area contributed by atoms with Gasteiger partial charge in [0.1, 0.15) is 6.04 Å². The number of hydrogen-bond acceptors (Lipinski definition) is 4. The summed E-state index contributed by atoms with van der Waals surface area (Å²) in [5.41, 5.74) is 10.4. The maximum Gasteiger partial charge on any atom is 0.326 e. The SMILES string of the molecule is NC(N)=NCCC[C@H](NC(=O)CCCCCNC(=O)NC1CCCCC1)C(=O)O. The molecule has 0 bridgehead atoms. The summed E-state index contributed by atoms with van der Waals surface area (Å²) in [4.78, 5) is 38.8. The summed E-state index contributed by atoms with van der Waals surface area (Å²) >= 11 is 0. The number of hydrogen-bond donors (Lipinski definition) is 6. The number of nitrogens with one attached hydrogen (secondary N) is 3. The number of carbonyl (C=O) groups is 3. The zero-order chi connectivity index (χ0) is 21.5. The number of aliphatic imine (C=N–C) groups is 1. The average molecular weight is 413 g/mol. The molecular formula is C19H36N6O4. The molecular weight excluding hydrogens is 376 g/mol. The van der Waals surface area contributed by atoms with Gasteiger partial charge in [-0.05, 0) is 38.5 Å². The van der Waals surface area contributed by atoms with Crippen molar-refractivity contribution in [3.05, 3.63) is 0 Å². The predicted octanol–water partition coefficient (Wildman–Crippen LogP) is 0.802. The quantitative estimate of drug-likeness (QED) is 0.148. The maximum absolute atomic E-state index is 11.9. The van der Waals surface area contributed by atoms with Crippen LogP contribution in [0.5, 0.6) is 0 Å². The Hall–Kier alpha value is -2.52. The van der Waals surface area contributed by atoms with Gasteiger partial charge in [0.2, 0.25) is 5.91 Å². The van der Waals surface area contributed by atoms with Crippen LogP contribution in [0.2, 0.25) is 0 Å². The van der Waals surface area contributed by atoms with E-state index >= 15 is 0 Å². The number of urea groups is 1. The standard InChI is InChI=1S/C19H36N6O4/c20-18(21)22-13-7-10-15(17(27)28)25-16(26)11-5-2-6-12-23-19(29)24-14-8-3-1-4-9-14/h14-15H,1-13H2,(H,25,26)(H,27,28)(H4,20,21,22)(H2,23,24,29)/t15-/m0/s1. The van der Waals surface area contributed by atoms with Gasteiger partial charge in [0.05, 0.1) is 0 Å². The topological polar surface area (TPSA) is 172 Å². The van der Waals surface area contributed by atoms with E-state index in [0.717, 1.165) is 25.7 Å². The summed E-state index contributed by atoms with van der Waals surface area (Å²) in [6.07, 6.45) is 8.86. The van der Waals surface area contributed by atoms with Gasteiger partial charge in [-0.15, -0.1) is 0 Å². The molecule has 3 amide bonds. The van der Waals surface area contributed by atoms with Gasteiger partial charge in [-0.25, -0.2) is 9.59 Å². The van der Waals surface area contributed by atoms with Crippen LogP contribution in [-0.2, 0) is 9.59 Å². The summed E-state index contributed by atoms with van der Waals surface area (Å²) < 4.78 is 0. The van der Waals surface area contributed by atoms with Crippen LogP contribution in [0.15, 0.2) is 4.99 Å². The Bertz CT molecular complexity index is 545. The van der Waals surface area contributed by atoms with E-state index in [0.29, 0.717) is 25.9 Å². The molecule has 8 N–H and O–H groups in total. The van der Waals surface area contributed by atoms with Crippen LogP contribution >= 0.6 is 0 Å². The zero-order valence-corrected chi connectivity index (χ0v) is 17.1. The van der Waals surface area contributed by atoms with Gasteiger partial charge in [0.25, 0.3) is 0 Å². The normalized spacial score (nSPS) is 15.2. The number of nitrogens with two attached hydrogens (primary N) is 2. The molecule has 1 aliphatic carbocycles. The molecule has 0 saturated heterocycles. The minimum atomic E-state index is -1.07. The Labute approximate surface area is 172 Å². The van der Waals surface area contributed by atoms with Crippen LogP contribution in [0.4, 0.5) is 4.79 Å². The minimum absolute atomic E-state index is 0.0399. The lowest BCUT2D eigenvalue weighted by molar-refractivity contribution is -0.142. The lowest BCUT2D eigenvalue weighted by atomic mass is 9.96. The summed E-state index contributed by atoms with van der Waals surface area (Å²) in [6, 6.07) is -0.782. The first-order chi connectivity index (χ1) is 13.9. The molecule has 10 nitrogen and oxygen atoms in total. The molecule has 0 unspecified atom stereocenters. The number of nitrogens with zero attached hydrogens (tertiary/aromatic N) is 1. The molecule has 1 saturated carbocycles. The summed E-state index contributed by atoms with van der Waals surface area (Å²) in [5.74, 6) is -1.40. The molecule has 29 heavy (non-hydrogen) atoms. The van der Waals surface area contributed by atoms with Crippen molar-refractivity contribution in [2.45, 2.75) is 82.7 Å². The molecule has 1 atom stereocenters. The van der Waals surface area contributed by atoms with Gasteiger partial charge in [-0.1, -0.05) is 25.7 Å². The second kappa shape index (κ2) is 14.5. The highest BCUT2D eigenvalue weighted by molar-refractivity contribution is 5.83. The Morgan fingerprint density at radius 3 is 2.41 bits per heavy atom. The molecule has 0 aromatic carbocycles. The van der Waals surface area contributed by atoms with Crippen molar-refractivity contribution >= 4 is 23.9 Å². The van der Waals surface area contributed by atoms with Crippen molar-refractivity contribution in [2.24, 2.45) is 16.5 Å². The number of unbranched alkanes of at least 4 members (excludes halogenated alkanes) is 2. The molecule has 1 aliphatic rings. The first-order valence-electron chi connectivity index (χ1n) is 10.5. The summed E-state index contributed by atoms with van der Waals surface area (Å²) in [5, 5.41) is 17.6. The van der Waals surface area contributed by atoms with E-state index in [9.17, 15) is 19.5 Å². The molecule has 0 spiro atoms. The molecule has 0 aliphatic heterocycles. The van der Waals surface area contributed by atoms with Crippen LogP contribution in [0.25, 0.3) is 0 Å². The number of aliphatic carboxylic acids is 1. The summed E-state index contributed by atoms with van der Waals surface area (Å²) in [7, 11) is 0. The average Bonchev–Trinajstić information content (AvgIpc) is 2.67. The van der Waals surface area contributed by atoms with Gasteiger partial charge in [0, 0.05) is 25.6 Å². The van der Waals surface area contributed by atoms with Crippen LogP contribution < -0.4 is 27.4 Å². The van der Waals surface area contributed by atoms with E-state index in [4.69, 9.17) is 11.5 Å². The van der Waals surface area contributed by atoms with Gasteiger partial charge < -0.3 is 32.5 Å². The molecule has 0 aromatic rings. The fraction of sp³-hybridized carbons (Fsp3) is 0.789. The Morgan fingerprint density at radius 2 is 1.76 bits per heavy atom. The van der Waals surface area contributed by atoms with E-state index in [1.807, 2.05) is 0 Å². The number of amides is 3. The largest absolute Gasteiger partial charge is 0.480 e. The molecule has 0 aromatic heterocycles. The van der Waals surface area contributed by atoms with Crippen molar-refractivity contribution < 1.29 is 19.5 Å². The zero-order valence-electron chi connectivity index (χ0n) is 17.1. The first-order valence-corrected chi connectivity index (χ1v) is 10.5. The first kappa shape index (κ1) is 24.5. The molecule has 10 heteroatoms. The van der Waals surface area contributed by atoms with Crippen molar-refractivity contribution in [3.63, 3.8) is 0 Å². The predicted molar refractivity (Wildman–Crippen MR) is 111 cm³/mol. The number of carbonyl (C=O) groups excluding carboxylic acids is 2. The fourth-order valence-electron chi connectivity index (χ4n) is 3.30. The number of rotatable bonds is 13. The third-order valence-electron chi connectivity index (χ3n) is 4.89. The van der Waals surface area contributed by atoms with Crippen molar-refractivity contribution in [2.75, 3.05) is 13.1 Å². The number of carboxylic acid groups (broad SMARTS) is 1. The van der Waals surface area contributed by atoms with Gasteiger partial charge >= 0.3 is 12.0 Å². The highest BCUT2D eigenvalue weighted by Gasteiger charge is 2.19. The molecule has 0 radical (unpaired) electrons. The van der Waals surface area contributed by atoms with Gasteiger partial charge in [0.15, 0.2) is 5.96 Å². The highest BCUT2D eigenvalue weighted by Crippen LogP contribution is 2.17. The highest BCUT2D eigenvalue weighted by atomic mass is 16.4. The second-order valence-electron chi connectivity index (χ2n) is 7.45. The van der Waals surface area contributed by atoms with E-state index in [1.54, 1.807) is 0 Å². The van der Waals surface area contributed by atoms with Crippen molar-refractivity contribution in [1.29, 1.82) is 0 Å². The van der Waals surface area contributed by atoms with Crippen molar-refractivity contribution in [1.82, 2.24) is 16.0 Å². The smallest absolute Gasteiger partial charge is 0.326 e. The summed E-state index contributed by atoms with van der Waals surface area (Å²) in [6.45, 7) is 0.881. The van der Waals surface area contributed by atoms with Crippen LogP contribution in [-0.4, -0.2) is 54.1 Å². The van der Waals surface area contributed by atoms with E-state index < -0.39 is 12.0 Å². The molecule has 1 fully saturated rings. The van der Waals surface area contributed by atoms with Crippen LogP contribution in [0.3, 0.4) is 0 Å². The monoisotopic (exact) mass is 412 g/mol. The third-order valence-corrected chi connectivity index (χ3v) is 4.89. The third kappa shape index (κ3) is 12.5.